The Bertz CT molecular complexity index is 949. The molecular weight excluding hydrogens is 328 g/mol. The van der Waals surface area contributed by atoms with Crippen molar-refractivity contribution in [2.75, 3.05) is 12.4 Å². The smallest absolute Gasteiger partial charge is 0.190 e. The highest BCUT2D eigenvalue weighted by molar-refractivity contribution is 7.22. The number of methoxy groups -OCH3 is 1. The minimum atomic E-state index is 0.780. The number of rotatable bonds is 4. The summed E-state index contributed by atoms with van der Waals surface area (Å²) in [4.78, 5) is 13.3. The monoisotopic (exact) mass is 340 g/mol. The van der Waals surface area contributed by atoms with Gasteiger partial charge in [-0.25, -0.2) is 9.97 Å². The first-order valence-electron chi connectivity index (χ1n) is 6.90. The summed E-state index contributed by atoms with van der Waals surface area (Å²) in [6.45, 7) is 0. The summed E-state index contributed by atoms with van der Waals surface area (Å²) in [5.74, 6) is 0.780. The summed E-state index contributed by atoms with van der Waals surface area (Å²) < 4.78 is 6.43. The number of anilines is 2. The molecule has 114 valence electrons. The lowest BCUT2D eigenvalue weighted by atomic mass is 10.2. The lowest BCUT2D eigenvalue weighted by Crippen LogP contribution is -1.89. The van der Waals surface area contributed by atoms with Crippen LogP contribution >= 0.6 is 22.7 Å². The van der Waals surface area contributed by atoms with Crippen molar-refractivity contribution in [3.8, 4) is 17.0 Å². The van der Waals surface area contributed by atoms with Crippen LogP contribution in [-0.2, 0) is 0 Å². The van der Waals surface area contributed by atoms with Gasteiger partial charge in [-0.2, -0.15) is 0 Å². The molecule has 1 aromatic carbocycles. The summed E-state index contributed by atoms with van der Waals surface area (Å²) in [5.41, 5.74) is 2.78. The van der Waals surface area contributed by atoms with Crippen LogP contribution < -0.4 is 10.1 Å². The van der Waals surface area contributed by atoms with Gasteiger partial charge in [0.25, 0.3) is 0 Å². The van der Waals surface area contributed by atoms with Gasteiger partial charge in [-0.3, -0.25) is 4.98 Å². The van der Waals surface area contributed by atoms with E-state index in [0.717, 1.165) is 37.5 Å². The maximum absolute atomic E-state index is 5.35. The number of nitrogens with zero attached hydrogens (tertiary/aromatic N) is 3. The van der Waals surface area contributed by atoms with Crippen LogP contribution in [0.15, 0.2) is 48.1 Å². The van der Waals surface area contributed by atoms with E-state index in [1.807, 2.05) is 35.7 Å². The highest BCUT2D eigenvalue weighted by atomic mass is 32.1. The van der Waals surface area contributed by atoms with E-state index in [0.29, 0.717) is 0 Å². The van der Waals surface area contributed by atoms with Crippen LogP contribution in [0, 0.1) is 0 Å². The molecule has 1 N–H and O–H groups in total. The fourth-order valence-electron chi connectivity index (χ4n) is 2.21. The Morgan fingerprint density at radius 1 is 1.09 bits per heavy atom. The Morgan fingerprint density at radius 3 is 2.87 bits per heavy atom. The van der Waals surface area contributed by atoms with E-state index in [1.165, 1.54) is 0 Å². The molecule has 0 aliphatic rings. The third-order valence-electron chi connectivity index (χ3n) is 3.28. The van der Waals surface area contributed by atoms with Crippen LogP contribution in [-0.4, -0.2) is 22.1 Å². The van der Waals surface area contributed by atoms with Crippen molar-refractivity contribution in [2.24, 2.45) is 0 Å². The van der Waals surface area contributed by atoms with E-state index in [2.05, 4.69) is 20.3 Å². The normalized spacial score (nSPS) is 10.8. The zero-order valence-electron chi connectivity index (χ0n) is 12.2. The van der Waals surface area contributed by atoms with Crippen LogP contribution in [0.3, 0.4) is 0 Å². The molecule has 0 spiro atoms. The van der Waals surface area contributed by atoms with E-state index >= 15 is 0 Å². The minimum absolute atomic E-state index is 0.780. The second-order valence-electron chi connectivity index (χ2n) is 4.73. The third kappa shape index (κ3) is 2.76. The van der Waals surface area contributed by atoms with Crippen molar-refractivity contribution in [3.63, 3.8) is 0 Å². The summed E-state index contributed by atoms with van der Waals surface area (Å²) in [7, 11) is 1.65. The average Bonchev–Trinajstić information content (AvgIpc) is 3.22. The van der Waals surface area contributed by atoms with Crippen LogP contribution in [0.25, 0.3) is 21.5 Å². The van der Waals surface area contributed by atoms with Crippen LogP contribution in [0.1, 0.15) is 0 Å². The van der Waals surface area contributed by atoms with Gasteiger partial charge in [-0.15, -0.1) is 11.3 Å². The Morgan fingerprint density at radius 2 is 2.04 bits per heavy atom. The van der Waals surface area contributed by atoms with Gasteiger partial charge in [0.15, 0.2) is 10.3 Å². The number of thiazole rings is 2. The molecule has 0 bridgehead atoms. The van der Waals surface area contributed by atoms with Gasteiger partial charge in [0, 0.05) is 23.3 Å². The largest absolute Gasteiger partial charge is 0.494 e. The van der Waals surface area contributed by atoms with Gasteiger partial charge in [0.2, 0.25) is 0 Å². The quantitative estimate of drug-likeness (QED) is 0.590. The van der Waals surface area contributed by atoms with Gasteiger partial charge in [-0.1, -0.05) is 17.4 Å². The highest BCUT2D eigenvalue weighted by Gasteiger charge is 2.10. The molecule has 0 unspecified atom stereocenters. The molecule has 3 aromatic heterocycles. The number of ether oxygens (including phenoxy) is 1. The number of aromatic nitrogens is 3. The van der Waals surface area contributed by atoms with Crippen LogP contribution in [0.4, 0.5) is 10.3 Å². The standard InChI is InChI=1S/C16H12N4OS2/c1-21-12-5-2-6-13-14(12)19-16(23-13)20-15-18-11(9-22-15)10-4-3-7-17-8-10/h2-9H,1H3,(H,18,19,20). The molecule has 0 aliphatic heterocycles. The predicted octanol–water partition coefficient (Wildman–Crippen LogP) is 4.57. The Balaban J connectivity index is 1.63. The zero-order chi connectivity index (χ0) is 15.6. The average molecular weight is 340 g/mol. The molecule has 4 aromatic rings. The minimum Gasteiger partial charge on any atom is -0.494 e. The molecule has 0 aliphatic carbocycles. The maximum Gasteiger partial charge on any atom is 0.190 e. The summed E-state index contributed by atoms with van der Waals surface area (Å²) in [6.07, 6.45) is 3.56. The zero-order valence-corrected chi connectivity index (χ0v) is 13.8. The summed E-state index contributed by atoms with van der Waals surface area (Å²) in [6, 6.07) is 9.81. The molecule has 0 saturated carbocycles. The highest BCUT2D eigenvalue weighted by Crippen LogP contribution is 2.34. The Kier molecular flexibility index (Phi) is 3.64. The first-order chi connectivity index (χ1) is 11.3. The molecule has 3 heterocycles. The molecule has 4 rings (SSSR count). The van der Waals surface area contributed by atoms with Crippen molar-refractivity contribution in [3.05, 3.63) is 48.1 Å². The second kappa shape index (κ2) is 5.94. The van der Waals surface area contributed by atoms with Gasteiger partial charge in [0.1, 0.15) is 11.3 Å². The number of fused-ring (bicyclic) bond motifs is 1. The van der Waals surface area contributed by atoms with Crippen LogP contribution in [0.2, 0.25) is 0 Å². The van der Waals surface area contributed by atoms with Crippen molar-refractivity contribution in [2.45, 2.75) is 0 Å². The number of hydrogen-bond donors (Lipinski definition) is 1. The van der Waals surface area contributed by atoms with Crippen LogP contribution in [0.5, 0.6) is 5.75 Å². The van der Waals surface area contributed by atoms with Crippen molar-refractivity contribution in [1.29, 1.82) is 0 Å². The molecule has 0 radical (unpaired) electrons. The van der Waals surface area contributed by atoms with E-state index in [-0.39, 0.29) is 0 Å². The fourth-order valence-corrected chi connectivity index (χ4v) is 3.88. The first kappa shape index (κ1) is 14.1. The Labute approximate surface area is 140 Å². The summed E-state index contributed by atoms with van der Waals surface area (Å²) in [5, 5.41) is 6.89. The molecule has 0 saturated heterocycles. The molecule has 0 amide bonds. The van der Waals surface area contributed by atoms with E-state index in [1.54, 1.807) is 42.2 Å². The molecule has 0 atom stereocenters. The van der Waals surface area contributed by atoms with Gasteiger partial charge < -0.3 is 10.1 Å². The third-order valence-corrected chi connectivity index (χ3v) is 4.97. The summed E-state index contributed by atoms with van der Waals surface area (Å²) >= 11 is 3.12. The number of para-hydroxylation sites is 1. The topological polar surface area (TPSA) is 59.9 Å². The second-order valence-corrected chi connectivity index (χ2v) is 6.62. The maximum atomic E-state index is 5.35. The van der Waals surface area contributed by atoms with Crippen molar-refractivity contribution < 1.29 is 4.74 Å². The van der Waals surface area contributed by atoms with Gasteiger partial charge in [0.05, 0.1) is 17.5 Å². The number of hydrogen-bond acceptors (Lipinski definition) is 7. The van der Waals surface area contributed by atoms with E-state index in [9.17, 15) is 0 Å². The lowest BCUT2D eigenvalue weighted by molar-refractivity contribution is 0.419. The van der Waals surface area contributed by atoms with E-state index < -0.39 is 0 Å². The Hall–Kier alpha value is -2.51. The number of nitrogens with one attached hydrogen (secondary N) is 1. The first-order valence-corrected chi connectivity index (χ1v) is 8.59. The lowest BCUT2D eigenvalue weighted by Gasteiger charge is -1.98. The molecule has 7 heteroatoms. The molecule has 0 fully saturated rings. The van der Waals surface area contributed by atoms with Crippen molar-refractivity contribution in [1.82, 2.24) is 15.0 Å². The number of pyridine rings is 1. The molecule has 23 heavy (non-hydrogen) atoms. The van der Waals surface area contributed by atoms with Gasteiger partial charge in [-0.05, 0) is 24.3 Å². The molecule has 5 nitrogen and oxygen atoms in total. The number of benzene rings is 1. The predicted molar refractivity (Wildman–Crippen MR) is 94.8 cm³/mol. The van der Waals surface area contributed by atoms with E-state index in [4.69, 9.17) is 4.74 Å². The van der Waals surface area contributed by atoms with Crippen molar-refractivity contribution >= 4 is 43.2 Å². The SMILES string of the molecule is COc1cccc2sc(Nc3nc(-c4cccnc4)cs3)nc12. The van der Waals surface area contributed by atoms with Gasteiger partial charge >= 0.3 is 0 Å². The molecular formula is C16H12N4OS2. The fraction of sp³-hybridized carbons (Fsp3) is 0.0625.